The summed E-state index contributed by atoms with van der Waals surface area (Å²) in [6, 6.07) is 16.8. The van der Waals surface area contributed by atoms with Gasteiger partial charge in [0.25, 0.3) is 0 Å². The predicted molar refractivity (Wildman–Crippen MR) is 112 cm³/mol. The lowest BCUT2D eigenvalue weighted by molar-refractivity contribution is 0.319. The number of hydrogen-bond acceptors (Lipinski definition) is 3. The van der Waals surface area contributed by atoms with Crippen LogP contribution in [-0.4, -0.2) is 20.3 Å². The van der Waals surface area contributed by atoms with Gasteiger partial charge in [-0.3, -0.25) is 4.98 Å². The average molecular weight is 461 g/mol. The summed E-state index contributed by atoms with van der Waals surface area (Å²) in [5.74, 6) is 0. The first-order valence-corrected chi connectivity index (χ1v) is 9.53. The van der Waals surface area contributed by atoms with E-state index in [1.165, 1.54) is 0 Å². The molecule has 0 saturated heterocycles. The highest BCUT2D eigenvalue weighted by molar-refractivity contribution is 9.10. The Morgan fingerprint density at radius 1 is 1.00 bits per heavy atom. The molecule has 0 fully saturated rings. The Morgan fingerprint density at radius 2 is 1.70 bits per heavy atom. The van der Waals surface area contributed by atoms with Crippen molar-refractivity contribution in [3.63, 3.8) is 0 Å². The van der Waals surface area contributed by atoms with Crippen molar-refractivity contribution in [1.82, 2.24) is 9.38 Å². The minimum atomic E-state index is 0.290. The summed E-state index contributed by atoms with van der Waals surface area (Å²) in [5.41, 5.74) is 4.04. The van der Waals surface area contributed by atoms with Crippen LogP contribution < -0.4 is 0 Å². The molecule has 0 bridgehead atoms. The van der Waals surface area contributed by atoms with Gasteiger partial charge in [0.05, 0.1) is 33.1 Å². The maximum atomic E-state index is 9.71. The van der Waals surface area contributed by atoms with Crippen LogP contribution >= 0.6 is 39.1 Å². The molecule has 0 saturated carbocycles. The third-order valence-electron chi connectivity index (χ3n) is 4.22. The number of nitrogens with zero attached hydrogens (tertiary/aromatic N) is 3. The van der Waals surface area contributed by atoms with Crippen molar-refractivity contribution in [2.24, 2.45) is 5.16 Å². The topological polar surface area (TPSA) is 49.9 Å². The van der Waals surface area contributed by atoms with Gasteiger partial charge in [-0.25, -0.2) is 0 Å². The van der Waals surface area contributed by atoms with Crippen molar-refractivity contribution < 1.29 is 5.21 Å². The average Bonchev–Trinajstić information content (AvgIpc) is 3.08. The zero-order valence-electron chi connectivity index (χ0n) is 13.8. The fourth-order valence-electron chi connectivity index (χ4n) is 2.92. The van der Waals surface area contributed by atoms with E-state index in [-0.39, 0.29) is 0 Å². The van der Waals surface area contributed by atoms with Crippen LogP contribution in [0, 0.1) is 0 Å². The van der Waals surface area contributed by atoms with Crippen LogP contribution in [0.3, 0.4) is 0 Å². The molecule has 27 heavy (non-hydrogen) atoms. The molecule has 134 valence electrons. The van der Waals surface area contributed by atoms with Crippen LogP contribution in [0.25, 0.3) is 16.8 Å². The predicted octanol–water partition coefficient (Wildman–Crippen LogP) is 6.30. The zero-order valence-corrected chi connectivity index (χ0v) is 16.9. The molecule has 0 aliphatic carbocycles. The minimum absolute atomic E-state index is 0.290. The van der Waals surface area contributed by atoms with Gasteiger partial charge in [-0.2, -0.15) is 0 Å². The van der Waals surface area contributed by atoms with Crippen molar-refractivity contribution in [3.8, 4) is 11.3 Å². The number of rotatable bonds is 3. The lowest BCUT2D eigenvalue weighted by Gasteiger charge is -2.10. The summed E-state index contributed by atoms with van der Waals surface area (Å²) in [5, 5.41) is 14.0. The van der Waals surface area contributed by atoms with Gasteiger partial charge < -0.3 is 9.61 Å². The van der Waals surface area contributed by atoms with Crippen LogP contribution in [0.4, 0.5) is 0 Å². The van der Waals surface area contributed by atoms with E-state index in [1.54, 1.807) is 24.4 Å². The van der Waals surface area contributed by atoms with Crippen LogP contribution in [0.2, 0.25) is 10.0 Å². The van der Waals surface area contributed by atoms with E-state index in [4.69, 9.17) is 23.2 Å². The summed E-state index contributed by atoms with van der Waals surface area (Å²) in [4.78, 5) is 4.52. The molecular weight excluding hydrogens is 449 g/mol. The first-order valence-electron chi connectivity index (χ1n) is 7.98. The highest BCUT2D eigenvalue weighted by Crippen LogP contribution is 2.29. The van der Waals surface area contributed by atoms with Gasteiger partial charge in [0, 0.05) is 21.8 Å². The number of halogens is 3. The van der Waals surface area contributed by atoms with Crippen LogP contribution in [0.5, 0.6) is 0 Å². The van der Waals surface area contributed by atoms with Gasteiger partial charge in [-0.15, -0.1) is 0 Å². The minimum Gasteiger partial charge on any atom is -0.410 e. The summed E-state index contributed by atoms with van der Waals surface area (Å²) in [6.07, 6.45) is 3.66. The quantitative estimate of drug-likeness (QED) is 0.221. The Morgan fingerprint density at radius 3 is 2.37 bits per heavy atom. The molecule has 4 aromatic rings. The van der Waals surface area contributed by atoms with Crippen LogP contribution in [0.1, 0.15) is 11.3 Å². The summed E-state index contributed by atoms with van der Waals surface area (Å²) in [6.45, 7) is 0. The van der Waals surface area contributed by atoms with Gasteiger partial charge in [-0.05, 0) is 36.4 Å². The molecule has 4 nitrogen and oxygen atoms in total. The lowest BCUT2D eigenvalue weighted by Crippen LogP contribution is -2.09. The maximum absolute atomic E-state index is 9.71. The fourth-order valence-corrected chi connectivity index (χ4v) is 3.76. The standard InChI is InChI=1S/C20H12BrCl2N3O/c21-13-6-4-12(5-7-13)17-11-26-14(10-24-17)8-9-18(26)20(25-27)19-15(22)2-1-3-16(19)23/h1-11,27H/b25-20+. The second-order valence-corrected chi connectivity index (χ2v) is 7.57. The van der Waals surface area contributed by atoms with E-state index in [0.29, 0.717) is 27.0 Å². The highest BCUT2D eigenvalue weighted by Gasteiger charge is 2.19. The first-order chi connectivity index (χ1) is 13.1. The monoisotopic (exact) mass is 459 g/mol. The molecule has 0 aliphatic heterocycles. The summed E-state index contributed by atoms with van der Waals surface area (Å²) < 4.78 is 2.90. The molecule has 0 unspecified atom stereocenters. The van der Waals surface area contributed by atoms with E-state index in [2.05, 4.69) is 26.1 Å². The smallest absolute Gasteiger partial charge is 0.136 e. The molecule has 0 spiro atoms. The van der Waals surface area contributed by atoms with E-state index < -0.39 is 0 Å². The van der Waals surface area contributed by atoms with Crippen molar-refractivity contribution in [2.75, 3.05) is 0 Å². The van der Waals surface area contributed by atoms with Gasteiger partial charge in [0.1, 0.15) is 5.71 Å². The second kappa shape index (κ2) is 7.35. The molecule has 7 heteroatoms. The molecule has 0 amide bonds. The van der Waals surface area contributed by atoms with Crippen molar-refractivity contribution in [1.29, 1.82) is 0 Å². The van der Waals surface area contributed by atoms with Crippen LogP contribution in [0.15, 0.2) is 76.6 Å². The maximum Gasteiger partial charge on any atom is 0.136 e. The number of fused-ring (bicyclic) bond motifs is 1. The van der Waals surface area contributed by atoms with Gasteiger partial charge in [-0.1, -0.05) is 62.5 Å². The van der Waals surface area contributed by atoms with E-state index in [9.17, 15) is 5.21 Å². The second-order valence-electron chi connectivity index (χ2n) is 5.84. The Hall–Kier alpha value is -2.34. The fraction of sp³-hybridized carbons (Fsp3) is 0. The van der Waals surface area contributed by atoms with E-state index in [0.717, 1.165) is 21.2 Å². The molecular formula is C20H12BrCl2N3O. The lowest BCUT2D eigenvalue weighted by atomic mass is 10.1. The number of oxime groups is 1. The van der Waals surface area contributed by atoms with Gasteiger partial charge in [0.15, 0.2) is 0 Å². The molecule has 0 aliphatic rings. The molecule has 2 heterocycles. The van der Waals surface area contributed by atoms with E-state index >= 15 is 0 Å². The van der Waals surface area contributed by atoms with Crippen molar-refractivity contribution in [2.45, 2.75) is 0 Å². The van der Waals surface area contributed by atoms with Crippen molar-refractivity contribution in [3.05, 3.63) is 92.8 Å². The Labute approximate surface area is 173 Å². The number of benzene rings is 2. The van der Waals surface area contributed by atoms with E-state index in [1.807, 2.05) is 47.0 Å². The SMILES string of the molecule is O/N=C(/c1c(Cl)cccc1Cl)c1ccc2cnc(-c3ccc(Br)cc3)cn12. The van der Waals surface area contributed by atoms with Crippen molar-refractivity contribution >= 4 is 50.4 Å². The van der Waals surface area contributed by atoms with Crippen LogP contribution in [-0.2, 0) is 0 Å². The third-order valence-corrected chi connectivity index (χ3v) is 5.38. The summed E-state index contributed by atoms with van der Waals surface area (Å²) in [7, 11) is 0. The highest BCUT2D eigenvalue weighted by atomic mass is 79.9. The number of aromatic nitrogens is 2. The molecule has 2 aromatic carbocycles. The third kappa shape index (κ3) is 3.34. The number of hydrogen-bond donors (Lipinski definition) is 1. The zero-order chi connectivity index (χ0) is 19.0. The Bertz CT molecular complexity index is 1150. The summed E-state index contributed by atoms with van der Waals surface area (Å²) >= 11 is 16.1. The molecule has 2 aromatic heterocycles. The molecule has 4 rings (SSSR count). The van der Waals surface area contributed by atoms with Gasteiger partial charge in [0.2, 0.25) is 0 Å². The Balaban J connectivity index is 1.89. The Kier molecular flexibility index (Phi) is 4.91. The molecule has 1 N–H and O–H groups in total. The molecule has 0 radical (unpaired) electrons. The first kappa shape index (κ1) is 18.0. The van der Waals surface area contributed by atoms with Gasteiger partial charge >= 0.3 is 0 Å². The normalized spacial score (nSPS) is 11.9. The molecule has 0 atom stereocenters. The largest absolute Gasteiger partial charge is 0.410 e.